The molecule has 0 radical (unpaired) electrons. The first-order valence-corrected chi connectivity index (χ1v) is 4.74. The van der Waals surface area contributed by atoms with Crippen molar-refractivity contribution in [2.75, 3.05) is 0 Å². The molecule has 0 amide bonds. The van der Waals surface area contributed by atoms with Gasteiger partial charge in [0.15, 0.2) is 0 Å². The van der Waals surface area contributed by atoms with Gasteiger partial charge in [-0.15, -0.1) is 6.58 Å². The van der Waals surface area contributed by atoms with Gasteiger partial charge in [-0.1, -0.05) is 29.3 Å². The Hall–Kier alpha value is -0.860. The van der Waals surface area contributed by atoms with Crippen LogP contribution in [0.1, 0.15) is 24.9 Å². The van der Waals surface area contributed by atoms with Gasteiger partial charge in [0.05, 0.1) is 5.02 Å². The summed E-state index contributed by atoms with van der Waals surface area (Å²) in [5.41, 5.74) is 7.44. The fourth-order valence-electron chi connectivity index (χ4n) is 1.29. The summed E-state index contributed by atoms with van der Waals surface area (Å²) in [5.74, 6) is -0.429. The highest BCUT2D eigenvalue weighted by atomic mass is 35.5. The van der Waals surface area contributed by atoms with Crippen LogP contribution >= 0.6 is 11.6 Å². The standard InChI is InChI=1S/C11H13ClFN/c1-7(2)6-10(14)8-4-3-5-9(13)11(8)12/h3-5,10H,1,6,14H2,2H3/t10-/m0/s1. The molecule has 76 valence electrons. The summed E-state index contributed by atoms with van der Waals surface area (Å²) in [6.45, 7) is 5.64. The molecule has 0 saturated carbocycles. The lowest BCUT2D eigenvalue weighted by Gasteiger charge is -2.13. The molecule has 0 aliphatic heterocycles. The smallest absolute Gasteiger partial charge is 0.142 e. The van der Waals surface area contributed by atoms with Crippen molar-refractivity contribution < 1.29 is 4.39 Å². The van der Waals surface area contributed by atoms with E-state index in [0.717, 1.165) is 5.57 Å². The molecular formula is C11H13ClFN. The van der Waals surface area contributed by atoms with Crippen molar-refractivity contribution in [1.82, 2.24) is 0 Å². The molecule has 0 unspecified atom stereocenters. The molecule has 1 aromatic rings. The summed E-state index contributed by atoms with van der Waals surface area (Å²) in [7, 11) is 0. The summed E-state index contributed by atoms with van der Waals surface area (Å²) in [6.07, 6.45) is 0.614. The van der Waals surface area contributed by atoms with Crippen molar-refractivity contribution in [3.05, 3.63) is 46.8 Å². The van der Waals surface area contributed by atoms with Gasteiger partial charge in [-0.2, -0.15) is 0 Å². The van der Waals surface area contributed by atoms with Crippen molar-refractivity contribution in [2.45, 2.75) is 19.4 Å². The third-order valence-corrected chi connectivity index (χ3v) is 2.35. The van der Waals surface area contributed by atoms with Crippen molar-refractivity contribution in [2.24, 2.45) is 5.73 Å². The SMILES string of the molecule is C=C(C)C[C@H](N)c1cccc(F)c1Cl. The molecule has 0 aliphatic rings. The molecule has 1 atom stereocenters. The molecule has 1 rings (SSSR count). The van der Waals surface area contributed by atoms with Gasteiger partial charge in [0.25, 0.3) is 0 Å². The Morgan fingerprint density at radius 1 is 1.64 bits per heavy atom. The number of hydrogen-bond donors (Lipinski definition) is 1. The average Bonchev–Trinajstić information content (AvgIpc) is 2.08. The van der Waals surface area contributed by atoms with E-state index in [0.29, 0.717) is 12.0 Å². The van der Waals surface area contributed by atoms with Crippen LogP contribution in [0.4, 0.5) is 4.39 Å². The lowest BCUT2D eigenvalue weighted by Crippen LogP contribution is -2.11. The molecule has 0 heterocycles. The van der Waals surface area contributed by atoms with Crippen LogP contribution in [0.5, 0.6) is 0 Å². The normalized spacial score (nSPS) is 12.6. The van der Waals surface area contributed by atoms with Crippen molar-refractivity contribution in [3.8, 4) is 0 Å². The van der Waals surface area contributed by atoms with E-state index in [4.69, 9.17) is 17.3 Å². The minimum absolute atomic E-state index is 0.112. The maximum absolute atomic E-state index is 13.1. The first-order chi connectivity index (χ1) is 6.52. The summed E-state index contributed by atoms with van der Waals surface area (Å²) >= 11 is 5.79. The van der Waals surface area contributed by atoms with E-state index < -0.39 is 5.82 Å². The van der Waals surface area contributed by atoms with Crippen LogP contribution in [0.25, 0.3) is 0 Å². The van der Waals surface area contributed by atoms with Crippen LogP contribution in [0, 0.1) is 5.82 Å². The number of nitrogens with two attached hydrogens (primary N) is 1. The van der Waals surface area contributed by atoms with Crippen LogP contribution in [0.15, 0.2) is 30.4 Å². The topological polar surface area (TPSA) is 26.0 Å². The highest BCUT2D eigenvalue weighted by molar-refractivity contribution is 6.31. The Morgan fingerprint density at radius 3 is 2.86 bits per heavy atom. The fraction of sp³-hybridized carbons (Fsp3) is 0.273. The van der Waals surface area contributed by atoms with E-state index >= 15 is 0 Å². The molecule has 1 nitrogen and oxygen atoms in total. The zero-order valence-electron chi connectivity index (χ0n) is 8.06. The van der Waals surface area contributed by atoms with Crippen LogP contribution in [-0.2, 0) is 0 Å². The van der Waals surface area contributed by atoms with E-state index in [1.807, 2.05) is 6.92 Å². The average molecular weight is 214 g/mol. The van der Waals surface area contributed by atoms with Gasteiger partial charge in [0.1, 0.15) is 5.82 Å². The largest absolute Gasteiger partial charge is 0.324 e. The number of halogens is 2. The Balaban J connectivity index is 2.95. The van der Waals surface area contributed by atoms with Gasteiger partial charge >= 0.3 is 0 Å². The Kier molecular flexibility index (Phi) is 3.67. The zero-order valence-corrected chi connectivity index (χ0v) is 8.81. The van der Waals surface area contributed by atoms with E-state index in [2.05, 4.69) is 6.58 Å². The Labute approximate surface area is 88.4 Å². The molecule has 0 bridgehead atoms. The second kappa shape index (κ2) is 4.58. The predicted molar refractivity (Wildman–Crippen MR) is 57.8 cm³/mol. The molecule has 0 fully saturated rings. The maximum Gasteiger partial charge on any atom is 0.142 e. The first-order valence-electron chi connectivity index (χ1n) is 4.36. The molecule has 0 aromatic heterocycles. The minimum atomic E-state index is -0.429. The van der Waals surface area contributed by atoms with Gasteiger partial charge in [0, 0.05) is 6.04 Å². The van der Waals surface area contributed by atoms with Crippen LogP contribution in [0.3, 0.4) is 0 Å². The van der Waals surface area contributed by atoms with Crippen LogP contribution in [-0.4, -0.2) is 0 Å². The second-order valence-corrected chi connectivity index (χ2v) is 3.79. The summed E-state index contributed by atoms with van der Waals surface area (Å²) in [5, 5.41) is 0.112. The van der Waals surface area contributed by atoms with Gasteiger partial charge < -0.3 is 5.73 Å². The lowest BCUT2D eigenvalue weighted by atomic mass is 10.0. The maximum atomic E-state index is 13.1. The molecular weight excluding hydrogens is 201 g/mol. The third kappa shape index (κ3) is 2.56. The molecule has 0 spiro atoms. The zero-order chi connectivity index (χ0) is 10.7. The third-order valence-electron chi connectivity index (χ3n) is 1.95. The highest BCUT2D eigenvalue weighted by Gasteiger charge is 2.12. The summed E-state index contributed by atoms with van der Waals surface area (Å²) in [4.78, 5) is 0. The summed E-state index contributed by atoms with van der Waals surface area (Å²) < 4.78 is 13.1. The van der Waals surface area contributed by atoms with Gasteiger partial charge in [-0.05, 0) is 25.0 Å². The van der Waals surface area contributed by atoms with E-state index in [1.165, 1.54) is 6.07 Å². The monoisotopic (exact) mass is 213 g/mol. The van der Waals surface area contributed by atoms with Gasteiger partial charge in [0.2, 0.25) is 0 Å². The van der Waals surface area contributed by atoms with Crippen molar-refractivity contribution >= 4 is 11.6 Å². The second-order valence-electron chi connectivity index (χ2n) is 3.41. The molecule has 1 aromatic carbocycles. The number of hydrogen-bond acceptors (Lipinski definition) is 1. The van der Waals surface area contributed by atoms with Gasteiger partial charge in [-0.3, -0.25) is 0 Å². The lowest BCUT2D eigenvalue weighted by molar-refractivity contribution is 0.619. The minimum Gasteiger partial charge on any atom is -0.324 e. The number of rotatable bonds is 3. The van der Waals surface area contributed by atoms with E-state index in [1.54, 1.807) is 12.1 Å². The van der Waals surface area contributed by atoms with Crippen LogP contribution < -0.4 is 5.73 Å². The summed E-state index contributed by atoms with van der Waals surface area (Å²) in [6, 6.07) is 4.38. The molecule has 3 heteroatoms. The van der Waals surface area contributed by atoms with E-state index in [-0.39, 0.29) is 11.1 Å². The van der Waals surface area contributed by atoms with Gasteiger partial charge in [-0.25, -0.2) is 4.39 Å². The van der Waals surface area contributed by atoms with Crippen LogP contribution in [0.2, 0.25) is 5.02 Å². The fourth-order valence-corrected chi connectivity index (χ4v) is 1.56. The predicted octanol–water partition coefficient (Wildman–Crippen LogP) is 3.45. The molecule has 2 N–H and O–H groups in total. The Bertz CT molecular complexity index is 349. The molecule has 14 heavy (non-hydrogen) atoms. The quantitative estimate of drug-likeness (QED) is 0.765. The van der Waals surface area contributed by atoms with E-state index in [9.17, 15) is 4.39 Å². The first kappa shape index (κ1) is 11.2. The highest BCUT2D eigenvalue weighted by Crippen LogP contribution is 2.27. The molecule has 0 aliphatic carbocycles. The number of benzene rings is 1. The van der Waals surface area contributed by atoms with Crippen molar-refractivity contribution in [1.29, 1.82) is 0 Å². The Morgan fingerprint density at radius 2 is 2.29 bits per heavy atom. The van der Waals surface area contributed by atoms with Crippen molar-refractivity contribution in [3.63, 3.8) is 0 Å². The molecule has 0 saturated heterocycles.